The Bertz CT molecular complexity index is 888. The first-order valence-electron chi connectivity index (χ1n) is 7.28. The first-order valence-corrected chi connectivity index (χ1v) is 12.8. The third-order valence-electron chi connectivity index (χ3n) is 4.10. The number of aryl methyl sites for hydroxylation is 3. The van der Waals surface area contributed by atoms with E-state index in [0.29, 0.717) is 11.1 Å². The van der Waals surface area contributed by atoms with Crippen LogP contribution in [0.3, 0.4) is 0 Å². The van der Waals surface area contributed by atoms with Crippen LogP contribution in [0.2, 0.25) is 0 Å². The Balaban J connectivity index is 2.89. The summed E-state index contributed by atoms with van der Waals surface area (Å²) >= 11 is -6.21. The molecule has 25 heavy (non-hydrogen) atoms. The zero-order valence-electron chi connectivity index (χ0n) is 14.1. The molecule has 3 nitrogen and oxygen atoms in total. The molecule has 2 rings (SSSR count). The standard InChI is InChI=1S/C17H19F3IO3S/c1-11-5-7-15(8-6-11)21(20,17(18,19)25(22,23)24)16-9-12(2)14(4)13(3)10-16/h5-10H,1-4H3,(H,22,23,24)/q-1. The first-order chi connectivity index (χ1) is 11.3. The monoisotopic (exact) mass is 487 g/mol. The SMILES string of the molecule is Cc1ccc([I-](F)(c2cc(C)c(C)c(C)c2)C(F)(F)S(=O)(=O)O)cc1. The molecule has 0 heterocycles. The molecule has 1 unspecified atom stereocenters. The van der Waals surface area contributed by atoms with E-state index in [-0.39, 0.29) is 7.14 Å². The second-order valence-electron chi connectivity index (χ2n) is 5.88. The summed E-state index contributed by atoms with van der Waals surface area (Å²) in [5, 5.41) is 0. The molecule has 0 aliphatic heterocycles. The molecule has 0 fully saturated rings. The number of benzene rings is 2. The summed E-state index contributed by atoms with van der Waals surface area (Å²) < 4.78 is 71.6. The Hall–Kier alpha value is -1.13. The molecule has 0 aromatic heterocycles. The van der Waals surface area contributed by atoms with Crippen LogP contribution in [-0.4, -0.2) is 16.2 Å². The average Bonchev–Trinajstić information content (AvgIpc) is 2.50. The maximum absolute atomic E-state index is 16.0. The third-order valence-corrected chi connectivity index (χ3v) is 14.3. The molecule has 0 amide bonds. The van der Waals surface area contributed by atoms with E-state index in [4.69, 9.17) is 4.55 Å². The second-order valence-corrected chi connectivity index (χ2v) is 14.8. The van der Waals surface area contributed by atoms with Crippen molar-refractivity contribution in [2.45, 2.75) is 31.0 Å². The molecular formula is C17H19F3IO3S-. The van der Waals surface area contributed by atoms with Gasteiger partial charge in [-0.3, -0.25) is 0 Å². The Kier molecular flexibility index (Phi) is 5.29. The van der Waals surface area contributed by atoms with Gasteiger partial charge in [-0.2, -0.15) is 0 Å². The van der Waals surface area contributed by atoms with Crippen LogP contribution in [0.25, 0.3) is 0 Å². The second kappa shape index (κ2) is 6.55. The molecule has 2 aromatic carbocycles. The molecule has 0 bridgehead atoms. The van der Waals surface area contributed by atoms with Crippen molar-refractivity contribution in [3.05, 3.63) is 65.8 Å². The van der Waals surface area contributed by atoms with Crippen molar-refractivity contribution >= 4 is 10.1 Å². The van der Waals surface area contributed by atoms with Crippen LogP contribution in [0.15, 0.2) is 36.4 Å². The molecule has 0 aliphatic carbocycles. The predicted octanol–water partition coefficient (Wildman–Crippen LogP) is 1.44. The van der Waals surface area contributed by atoms with Gasteiger partial charge >= 0.3 is 150 Å². The summed E-state index contributed by atoms with van der Waals surface area (Å²) in [4.78, 5) is 0. The maximum atomic E-state index is 16.0. The van der Waals surface area contributed by atoms with E-state index in [0.717, 1.165) is 11.1 Å². The van der Waals surface area contributed by atoms with E-state index < -0.39 is 32.4 Å². The van der Waals surface area contributed by atoms with E-state index in [9.17, 15) is 17.2 Å². The molecular weight excluding hydrogens is 468 g/mol. The molecule has 2 aromatic rings. The van der Waals surface area contributed by atoms with Gasteiger partial charge in [0.2, 0.25) is 0 Å². The average molecular weight is 487 g/mol. The Morgan fingerprint density at radius 2 is 1.36 bits per heavy atom. The first kappa shape index (κ1) is 20.2. The molecule has 0 aliphatic rings. The molecule has 1 N–H and O–H groups in total. The van der Waals surface area contributed by atoms with Crippen molar-refractivity contribution in [1.82, 2.24) is 0 Å². The van der Waals surface area contributed by atoms with E-state index in [1.807, 2.05) is 0 Å². The van der Waals surface area contributed by atoms with E-state index in [1.165, 1.54) is 36.4 Å². The van der Waals surface area contributed by atoms with Gasteiger partial charge in [0.25, 0.3) is 0 Å². The van der Waals surface area contributed by atoms with Gasteiger partial charge in [0.1, 0.15) is 0 Å². The fraction of sp³-hybridized carbons (Fsp3) is 0.294. The van der Waals surface area contributed by atoms with Crippen molar-refractivity contribution in [1.29, 1.82) is 0 Å². The number of hydrogen-bond donors (Lipinski definition) is 1. The van der Waals surface area contributed by atoms with Crippen molar-refractivity contribution in [3.63, 3.8) is 0 Å². The van der Waals surface area contributed by atoms with E-state index >= 15 is 2.86 Å². The number of hydrogen-bond acceptors (Lipinski definition) is 2. The van der Waals surface area contributed by atoms with Gasteiger partial charge in [-0.1, -0.05) is 0 Å². The van der Waals surface area contributed by atoms with Gasteiger partial charge in [-0.15, -0.1) is 0 Å². The minimum atomic E-state index is -6.21. The zero-order chi connectivity index (χ0) is 19.2. The summed E-state index contributed by atoms with van der Waals surface area (Å²) in [5.41, 5.74) is 2.70. The predicted molar refractivity (Wildman–Crippen MR) is 86.8 cm³/mol. The number of rotatable bonds is 4. The topological polar surface area (TPSA) is 54.4 Å². The normalized spacial score (nSPS) is 16.3. The Morgan fingerprint density at radius 3 is 1.76 bits per heavy atom. The quantitative estimate of drug-likeness (QED) is 0.404. The summed E-state index contributed by atoms with van der Waals surface area (Å²) in [7, 11) is -5.93. The fourth-order valence-corrected chi connectivity index (χ4v) is 11.4. The van der Waals surface area contributed by atoms with Crippen LogP contribution in [0, 0.1) is 34.8 Å². The molecule has 0 radical (unpaired) electrons. The Labute approximate surface area is 150 Å². The molecule has 0 saturated carbocycles. The van der Waals surface area contributed by atoms with Gasteiger partial charge in [-0.25, -0.2) is 0 Å². The van der Waals surface area contributed by atoms with Gasteiger partial charge in [0.05, 0.1) is 0 Å². The van der Waals surface area contributed by atoms with Crippen LogP contribution in [0.4, 0.5) is 11.6 Å². The zero-order valence-corrected chi connectivity index (χ0v) is 17.1. The van der Waals surface area contributed by atoms with Crippen molar-refractivity contribution in [2.24, 2.45) is 0 Å². The van der Waals surface area contributed by atoms with Crippen molar-refractivity contribution in [3.8, 4) is 0 Å². The fourth-order valence-electron chi connectivity index (χ4n) is 2.35. The van der Waals surface area contributed by atoms with Crippen LogP contribution >= 0.6 is 0 Å². The number of alkyl halides is 3. The van der Waals surface area contributed by atoms with Crippen LogP contribution < -0.4 is 19.0 Å². The van der Waals surface area contributed by atoms with Gasteiger partial charge < -0.3 is 0 Å². The molecule has 8 heteroatoms. The van der Waals surface area contributed by atoms with Gasteiger partial charge in [0.15, 0.2) is 0 Å². The summed E-state index contributed by atoms with van der Waals surface area (Å²) in [6.07, 6.45) is 0. The third kappa shape index (κ3) is 3.31. The summed E-state index contributed by atoms with van der Waals surface area (Å²) in [6.45, 7) is 6.77. The van der Waals surface area contributed by atoms with Gasteiger partial charge in [0, 0.05) is 0 Å². The summed E-state index contributed by atoms with van der Waals surface area (Å²) in [5.74, 6) is 0. The van der Waals surface area contributed by atoms with Crippen LogP contribution in [0.5, 0.6) is 0 Å². The Morgan fingerprint density at radius 1 is 0.920 bits per heavy atom. The molecule has 140 valence electrons. The summed E-state index contributed by atoms with van der Waals surface area (Å²) in [6, 6.07) is 7.77. The molecule has 0 saturated heterocycles. The molecule has 1 atom stereocenters. The van der Waals surface area contributed by atoms with Crippen molar-refractivity contribution < 1.29 is 43.6 Å². The minimum absolute atomic E-state index is 0.348. The van der Waals surface area contributed by atoms with E-state index in [1.54, 1.807) is 27.7 Å². The molecule has 0 spiro atoms. The van der Waals surface area contributed by atoms with Crippen LogP contribution in [0.1, 0.15) is 22.3 Å². The van der Waals surface area contributed by atoms with Crippen molar-refractivity contribution in [2.75, 3.05) is 0 Å². The van der Waals surface area contributed by atoms with Crippen LogP contribution in [-0.2, 0) is 10.1 Å². The van der Waals surface area contributed by atoms with E-state index in [2.05, 4.69) is 0 Å². The van der Waals surface area contributed by atoms with Gasteiger partial charge in [-0.05, 0) is 0 Å². The number of halogens is 4.